The highest BCUT2D eigenvalue weighted by Crippen LogP contribution is 2.18. The fourth-order valence-electron chi connectivity index (χ4n) is 2.84. The minimum Gasteiger partial charge on any atom is -0.378 e. The van der Waals surface area contributed by atoms with Crippen LogP contribution in [0.15, 0.2) is 18.2 Å². The van der Waals surface area contributed by atoms with Crippen LogP contribution in [0.3, 0.4) is 0 Å². The van der Waals surface area contributed by atoms with E-state index in [0.29, 0.717) is 24.4 Å². The number of benzene rings is 1. The van der Waals surface area contributed by atoms with Crippen LogP contribution < -0.4 is 10.6 Å². The Morgan fingerprint density at radius 3 is 2.75 bits per heavy atom. The number of carbonyl (C=O) groups is 2. The van der Waals surface area contributed by atoms with Crippen LogP contribution in [0.4, 0.5) is 5.69 Å². The van der Waals surface area contributed by atoms with Crippen LogP contribution in [-0.2, 0) is 9.53 Å². The van der Waals surface area contributed by atoms with Crippen LogP contribution in [0.1, 0.15) is 55.5 Å². The molecular formula is C19H28N2O3. The van der Waals surface area contributed by atoms with Gasteiger partial charge in [-0.25, -0.2) is 0 Å². The standard InChI is InChI=1S/C19H28N2O3/c1-13(2)11-18(22)21-17-7-6-15(12-14(17)3)19(23)20-9-8-16-5-4-10-24-16/h6-7,12-13,16H,4-5,8-11H2,1-3H3,(H,20,23)(H,21,22). The van der Waals surface area contributed by atoms with E-state index in [-0.39, 0.29) is 17.9 Å². The maximum atomic E-state index is 12.2. The summed E-state index contributed by atoms with van der Waals surface area (Å²) in [5, 5.41) is 5.83. The second-order valence-electron chi connectivity index (χ2n) is 6.86. The van der Waals surface area contributed by atoms with Crippen molar-refractivity contribution in [3.63, 3.8) is 0 Å². The molecule has 1 aromatic carbocycles. The fourth-order valence-corrected chi connectivity index (χ4v) is 2.84. The number of nitrogens with one attached hydrogen (secondary N) is 2. The monoisotopic (exact) mass is 332 g/mol. The smallest absolute Gasteiger partial charge is 0.251 e. The van der Waals surface area contributed by atoms with Gasteiger partial charge in [-0.15, -0.1) is 0 Å². The van der Waals surface area contributed by atoms with Gasteiger partial charge in [-0.2, -0.15) is 0 Å². The number of anilines is 1. The number of hydrogen-bond donors (Lipinski definition) is 2. The molecule has 1 saturated heterocycles. The van der Waals surface area contributed by atoms with Crippen molar-refractivity contribution >= 4 is 17.5 Å². The van der Waals surface area contributed by atoms with Crippen molar-refractivity contribution in [2.24, 2.45) is 5.92 Å². The molecule has 0 bridgehead atoms. The Kier molecular flexibility index (Phi) is 6.79. The third-order valence-electron chi connectivity index (χ3n) is 4.13. The maximum Gasteiger partial charge on any atom is 0.251 e. The third-order valence-corrected chi connectivity index (χ3v) is 4.13. The number of ether oxygens (including phenoxy) is 1. The lowest BCUT2D eigenvalue weighted by atomic mass is 10.1. The van der Waals surface area contributed by atoms with Crippen molar-refractivity contribution in [2.45, 2.75) is 52.6 Å². The average molecular weight is 332 g/mol. The van der Waals surface area contributed by atoms with E-state index in [2.05, 4.69) is 10.6 Å². The first-order valence-electron chi connectivity index (χ1n) is 8.76. The normalized spacial score (nSPS) is 17.1. The van der Waals surface area contributed by atoms with E-state index in [9.17, 15) is 9.59 Å². The SMILES string of the molecule is Cc1cc(C(=O)NCCC2CCCO2)ccc1NC(=O)CC(C)C. The van der Waals surface area contributed by atoms with Crippen LogP contribution in [-0.4, -0.2) is 31.1 Å². The Morgan fingerprint density at radius 2 is 2.12 bits per heavy atom. The maximum absolute atomic E-state index is 12.2. The largest absolute Gasteiger partial charge is 0.378 e. The molecule has 1 fully saturated rings. The molecule has 2 amide bonds. The predicted molar refractivity (Wildman–Crippen MR) is 95.2 cm³/mol. The minimum atomic E-state index is -0.0869. The van der Waals surface area contributed by atoms with Gasteiger partial charge in [0.25, 0.3) is 5.91 Å². The number of rotatable bonds is 7. The summed E-state index contributed by atoms with van der Waals surface area (Å²) in [5.41, 5.74) is 2.26. The second-order valence-corrected chi connectivity index (χ2v) is 6.86. The summed E-state index contributed by atoms with van der Waals surface area (Å²) in [5.74, 6) is 0.234. The van der Waals surface area contributed by atoms with Crippen LogP contribution in [0.5, 0.6) is 0 Å². The Morgan fingerprint density at radius 1 is 1.33 bits per heavy atom. The van der Waals surface area contributed by atoms with Gasteiger partial charge in [-0.3, -0.25) is 9.59 Å². The van der Waals surface area contributed by atoms with E-state index in [0.717, 1.165) is 37.1 Å². The first kappa shape index (κ1) is 18.5. The molecule has 0 aromatic heterocycles. The zero-order valence-electron chi connectivity index (χ0n) is 14.9. The molecule has 1 atom stereocenters. The molecule has 5 nitrogen and oxygen atoms in total. The van der Waals surface area contributed by atoms with Gasteiger partial charge in [0.05, 0.1) is 6.10 Å². The van der Waals surface area contributed by atoms with E-state index >= 15 is 0 Å². The molecule has 5 heteroatoms. The summed E-state index contributed by atoms with van der Waals surface area (Å²) in [7, 11) is 0. The van der Waals surface area contributed by atoms with Gasteiger partial charge >= 0.3 is 0 Å². The lowest BCUT2D eigenvalue weighted by Crippen LogP contribution is -2.27. The topological polar surface area (TPSA) is 67.4 Å². The van der Waals surface area contributed by atoms with Crippen molar-refractivity contribution in [3.8, 4) is 0 Å². The molecule has 132 valence electrons. The molecule has 2 N–H and O–H groups in total. The lowest BCUT2D eigenvalue weighted by molar-refractivity contribution is -0.116. The van der Waals surface area contributed by atoms with Gasteiger partial charge in [0.2, 0.25) is 5.91 Å². The molecular weight excluding hydrogens is 304 g/mol. The second kappa shape index (κ2) is 8.83. The number of aryl methyl sites for hydroxylation is 1. The number of amides is 2. The Hall–Kier alpha value is -1.88. The Bertz CT molecular complexity index is 578. The van der Waals surface area contributed by atoms with Crippen LogP contribution in [0.2, 0.25) is 0 Å². The zero-order chi connectivity index (χ0) is 17.5. The summed E-state index contributed by atoms with van der Waals surface area (Å²) in [4.78, 5) is 24.1. The molecule has 2 rings (SSSR count). The van der Waals surface area contributed by atoms with Gasteiger partial charge in [0.1, 0.15) is 0 Å². The highest BCUT2D eigenvalue weighted by Gasteiger charge is 2.16. The molecule has 1 unspecified atom stereocenters. The highest BCUT2D eigenvalue weighted by atomic mass is 16.5. The van der Waals surface area contributed by atoms with Gasteiger partial charge in [-0.05, 0) is 55.9 Å². The van der Waals surface area contributed by atoms with Crippen molar-refractivity contribution in [1.82, 2.24) is 5.32 Å². The molecule has 0 saturated carbocycles. The number of hydrogen-bond acceptors (Lipinski definition) is 3. The van der Waals surface area contributed by atoms with Crippen molar-refractivity contribution in [3.05, 3.63) is 29.3 Å². The molecule has 0 radical (unpaired) electrons. The van der Waals surface area contributed by atoms with Crippen molar-refractivity contribution in [2.75, 3.05) is 18.5 Å². The molecule has 1 aromatic rings. The fraction of sp³-hybridized carbons (Fsp3) is 0.579. The predicted octanol–water partition coefficient (Wildman–Crippen LogP) is 3.28. The molecule has 1 aliphatic rings. The van der Waals surface area contributed by atoms with E-state index < -0.39 is 0 Å². The minimum absolute atomic E-state index is 0.00173. The lowest BCUT2D eigenvalue weighted by Gasteiger charge is -2.12. The van der Waals surface area contributed by atoms with Gasteiger partial charge < -0.3 is 15.4 Å². The Balaban J connectivity index is 1.85. The summed E-state index contributed by atoms with van der Waals surface area (Å²) in [6.07, 6.45) is 3.83. The Labute approximate surface area is 144 Å². The van der Waals surface area contributed by atoms with E-state index in [1.165, 1.54) is 0 Å². The van der Waals surface area contributed by atoms with Crippen molar-refractivity contribution < 1.29 is 14.3 Å². The molecule has 24 heavy (non-hydrogen) atoms. The zero-order valence-corrected chi connectivity index (χ0v) is 14.9. The van der Waals surface area contributed by atoms with Crippen LogP contribution >= 0.6 is 0 Å². The highest BCUT2D eigenvalue weighted by molar-refractivity contribution is 5.96. The van der Waals surface area contributed by atoms with Gasteiger partial charge in [0.15, 0.2) is 0 Å². The first-order chi connectivity index (χ1) is 11.5. The van der Waals surface area contributed by atoms with Gasteiger partial charge in [-0.1, -0.05) is 13.8 Å². The molecule has 0 spiro atoms. The third kappa shape index (κ3) is 5.64. The molecule has 1 heterocycles. The van der Waals surface area contributed by atoms with Crippen LogP contribution in [0, 0.1) is 12.8 Å². The summed E-state index contributed by atoms with van der Waals surface area (Å²) >= 11 is 0. The summed E-state index contributed by atoms with van der Waals surface area (Å²) in [6.45, 7) is 7.37. The summed E-state index contributed by atoms with van der Waals surface area (Å²) in [6, 6.07) is 5.36. The number of carbonyl (C=O) groups excluding carboxylic acids is 2. The van der Waals surface area contributed by atoms with E-state index in [1.807, 2.05) is 26.8 Å². The summed E-state index contributed by atoms with van der Waals surface area (Å²) < 4.78 is 5.55. The molecule has 0 aliphatic carbocycles. The first-order valence-corrected chi connectivity index (χ1v) is 8.76. The van der Waals surface area contributed by atoms with Crippen LogP contribution in [0.25, 0.3) is 0 Å². The quantitative estimate of drug-likeness (QED) is 0.805. The van der Waals surface area contributed by atoms with Crippen molar-refractivity contribution in [1.29, 1.82) is 0 Å². The average Bonchev–Trinajstić information content (AvgIpc) is 3.01. The molecule has 1 aliphatic heterocycles. The van der Waals surface area contributed by atoms with E-state index in [1.54, 1.807) is 12.1 Å². The van der Waals surface area contributed by atoms with E-state index in [4.69, 9.17) is 4.74 Å². The van der Waals surface area contributed by atoms with Gasteiger partial charge in [0, 0.05) is 30.8 Å².